The zero-order chi connectivity index (χ0) is 13.8. The van der Waals surface area contributed by atoms with Gasteiger partial charge in [0.15, 0.2) is 0 Å². The lowest BCUT2D eigenvalue weighted by molar-refractivity contribution is 0.932. The molecular weight excluding hydrogens is 342 g/mol. The average Bonchev–Trinajstić information content (AvgIpc) is 2.38. The van der Waals surface area contributed by atoms with Crippen molar-refractivity contribution in [2.24, 2.45) is 0 Å². The lowest BCUT2D eigenvalue weighted by atomic mass is 10.0. The molecular formula is C15H11BrClNS. The Bertz CT molecular complexity index is 649. The van der Waals surface area contributed by atoms with Gasteiger partial charge in [-0.05, 0) is 54.3 Å². The van der Waals surface area contributed by atoms with Crippen molar-refractivity contribution in [3.8, 4) is 6.07 Å². The van der Waals surface area contributed by atoms with Crippen LogP contribution in [0.3, 0.4) is 0 Å². The Morgan fingerprint density at radius 1 is 1.11 bits per heavy atom. The lowest BCUT2D eigenvalue weighted by Crippen LogP contribution is -1.96. The molecule has 2 rings (SSSR count). The van der Waals surface area contributed by atoms with Crippen LogP contribution in [0, 0.1) is 11.3 Å². The molecule has 4 heteroatoms. The minimum absolute atomic E-state index is 0.689. The smallest absolute Gasteiger partial charge is 0.0994 e. The molecule has 0 amide bonds. The van der Waals surface area contributed by atoms with Crippen molar-refractivity contribution in [2.45, 2.75) is 17.7 Å². The molecule has 1 nitrogen and oxygen atoms in total. The fourth-order valence-electron chi connectivity index (χ4n) is 1.90. The first-order valence-electron chi connectivity index (χ1n) is 5.76. The molecule has 0 aliphatic rings. The number of benzene rings is 2. The second kappa shape index (κ2) is 6.47. The number of nitriles is 1. The Morgan fingerprint density at radius 3 is 2.53 bits per heavy atom. The van der Waals surface area contributed by atoms with Gasteiger partial charge < -0.3 is 0 Å². The molecule has 0 saturated carbocycles. The summed E-state index contributed by atoms with van der Waals surface area (Å²) in [5.41, 5.74) is 2.90. The fourth-order valence-corrected chi connectivity index (χ4v) is 2.88. The number of hydrogen-bond acceptors (Lipinski definition) is 2. The molecule has 0 atom stereocenters. The highest BCUT2D eigenvalue weighted by Crippen LogP contribution is 2.23. The molecule has 2 aromatic carbocycles. The Balaban J connectivity index is 2.19. The first-order chi connectivity index (χ1) is 9.10. The number of rotatable bonds is 3. The molecule has 0 N–H and O–H groups in total. The summed E-state index contributed by atoms with van der Waals surface area (Å²) in [4.78, 5) is 0.890. The zero-order valence-corrected chi connectivity index (χ0v) is 13.3. The summed E-state index contributed by atoms with van der Waals surface area (Å²) in [6.45, 7) is 0. The Hall–Kier alpha value is -0.950. The van der Waals surface area contributed by atoms with E-state index in [9.17, 15) is 0 Å². The van der Waals surface area contributed by atoms with Crippen LogP contribution in [0.2, 0.25) is 5.02 Å². The largest absolute Gasteiger partial charge is 0.192 e. The SMILES string of the molecule is N#Cc1ccc(Br)cc1CCc1ccc(Cl)cc1S. The van der Waals surface area contributed by atoms with E-state index in [0.29, 0.717) is 5.02 Å². The molecule has 96 valence electrons. The highest BCUT2D eigenvalue weighted by Gasteiger charge is 2.05. The maximum absolute atomic E-state index is 9.10. The lowest BCUT2D eigenvalue weighted by Gasteiger charge is -2.07. The number of aryl methyl sites for hydroxylation is 2. The third kappa shape index (κ3) is 3.76. The quantitative estimate of drug-likeness (QED) is 0.768. The van der Waals surface area contributed by atoms with E-state index in [0.717, 1.165) is 38.9 Å². The standard InChI is InChI=1S/C15H11BrClNS/c16-13-5-3-12(9-18)11(7-13)2-1-10-4-6-14(17)8-15(10)19/h3-8,19H,1-2H2. The van der Waals surface area contributed by atoms with Crippen LogP contribution >= 0.6 is 40.2 Å². The number of nitrogens with zero attached hydrogens (tertiary/aromatic N) is 1. The van der Waals surface area contributed by atoms with E-state index in [-0.39, 0.29) is 0 Å². The van der Waals surface area contributed by atoms with Crippen LogP contribution < -0.4 is 0 Å². The van der Waals surface area contributed by atoms with Crippen molar-refractivity contribution in [2.75, 3.05) is 0 Å². The third-order valence-corrected chi connectivity index (χ3v) is 4.04. The Kier molecular flexibility index (Phi) is 4.93. The Morgan fingerprint density at radius 2 is 1.84 bits per heavy atom. The molecule has 0 aliphatic carbocycles. The summed E-state index contributed by atoms with van der Waals surface area (Å²) in [5.74, 6) is 0. The molecule has 0 saturated heterocycles. The van der Waals surface area contributed by atoms with Gasteiger partial charge in [-0.15, -0.1) is 12.6 Å². The summed E-state index contributed by atoms with van der Waals surface area (Å²) < 4.78 is 0.990. The van der Waals surface area contributed by atoms with Crippen molar-refractivity contribution in [3.63, 3.8) is 0 Å². The first-order valence-corrected chi connectivity index (χ1v) is 7.38. The van der Waals surface area contributed by atoms with E-state index in [1.807, 2.05) is 36.4 Å². The van der Waals surface area contributed by atoms with Gasteiger partial charge in [0.1, 0.15) is 0 Å². The summed E-state index contributed by atoms with van der Waals surface area (Å²) in [6, 6.07) is 13.6. The van der Waals surface area contributed by atoms with Crippen LogP contribution in [0.5, 0.6) is 0 Å². The van der Waals surface area contributed by atoms with Crippen LogP contribution in [0.1, 0.15) is 16.7 Å². The number of thiol groups is 1. The van der Waals surface area contributed by atoms with Gasteiger partial charge in [0.25, 0.3) is 0 Å². The van der Waals surface area contributed by atoms with Gasteiger partial charge in [-0.1, -0.05) is 33.6 Å². The summed E-state index contributed by atoms with van der Waals surface area (Å²) in [5, 5.41) is 9.79. The van der Waals surface area contributed by atoms with Gasteiger partial charge in [-0.2, -0.15) is 5.26 Å². The van der Waals surface area contributed by atoms with E-state index in [4.69, 9.17) is 16.9 Å². The van der Waals surface area contributed by atoms with Crippen molar-refractivity contribution >= 4 is 40.2 Å². The number of hydrogen-bond donors (Lipinski definition) is 1. The van der Waals surface area contributed by atoms with E-state index < -0.39 is 0 Å². The van der Waals surface area contributed by atoms with Gasteiger partial charge in [-0.25, -0.2) is 0 Å². The predicted molar refractivity (Wildman–Crippen MR) is 85.0 cm³/mol. The van der Waals surface area contributed by atoms with Crippen LogP contribution in [0.25, 0.3) is 0 Å². The second-order valence-corrected chi connectivity index (χ2v) is 6.02. The predicted octanol–water partition coefficient (Wildman–Crippen LogP) is 5.05. The van der Waals surface area contributed by atoms with Crippen LogP contribution in [0.15, 0.2) is 45.8 Å². The monoisotopic (exact) mass is 351 g/mol. The van der Waals surface area contributed by atoms with Gasteiger partial charge >= 0.3 is 0 Å². The second-order valence-electron chi connectivity index (χ2n) is 4.19. The molecule has 19 heavy (non-hydrogen) atoms. The minimum Gasteiger partial charge on any atom is -0.192 e. The normalized spacial score (nSPS) is 10.2. The van der Waals surface area contributed by atoms with E-state index >= 15 is 0 Å². The molecule has 0 radical (unpaired) electrons. The molecule has 0 aromatic heterocycles. The van der Waals surface area contributed by atoms with Crippen molar-refractivity contribution in [1.82, 2.24) is 0 Å². The molecule has 2 aromatic rings. The van der Waals surface area contributed by atoms with Crippen molar-refractivity contribution in [1.29, 1.82) is 5.26 Å². The molecule has 0 bridgehead atoms. The van der Waals surface area contributed by atoms with Gasteiger partial charge in [-0.3, -0.25) is 0 Å². The molecule has 0 fully saturated rings. The average molecular weight is 353 g/mol. The minimum atomic E-state index is 0.689. The van der Waals surface area contributed by atoms with E-state index in [1.54, 1.807) is 0 Å². The van der Waals surface area contributed by atoms with Crippen LogP contribution in [0.4, 0.5) is 0 Å². The zero-order valence-electron chi connectivity index (χ0n) is 10.0. The molecule has 0 aliphatic heterocycles. The molecule has 0 heterocycles. The maximum Gasteiger partial charge on any atom is 0.0994 e. The Labute approximate surface area is 131 Å². The molecule has 0 spiro atoms. The highest BCUT2D eigenvalue weighted by atomic mass is 79.9. The number of halogens is 2. The van der Waals surface area contributed by atoms with Crippen molar-refractivity contribution < 1.29 is 0 Å². The maximum atomic E-state index is 9.10. The topological polar surface area (TPSA) is 23.8 Å². The molecule has 0 unspecified atom stereocenters. The van der Waals surface area contributed by atoms with Gasteiger partial charge in [0, 0.05) is 14.4 Å². The first kappa shape index (κ1) is 14.5. The summed E-state index contributed by atoms with van der Waals surface area (Å²) >= 11 is 13.8. The third-order valence-electron chi connectivity index (χ3n) is 2.90. The van der Waals surface area contributed by atoms with Crippen LogP contribution in [-0.4, -0.2) is 0 Å². The van der Waals surface area contributed by atoms with Crippen LogP contribution in [-0.2, 0) is 12.8 Å². The summed E-state index contributed by atoms with van der Waals surface area (Å²) in [7, 11) is 0. The van der Waals surface area contributed by atoms with Gasteiger partial charge in [0.2, 0.25) is 0 Å². The van der Waals surface area contributed by atoms with Crippen molar-refractivity contribution in [3.05, 3.63) is 62.6 Å². The van der Waals surface area contributed by atoms with E-state index in [2.05, 4.69) is 34.6 Å². The fraction of sp³-hybridized carbons (Fsp3) is 0.133. The summed E-state index contributed by atoms with van der Waals surface area (Å²) in [6.07, 6.45) is 1.64. The van der Waals surface area contributed by atoms with Gasteiger partial charge in [0.05, 0.1) is 11.6 Å². The van der Waals surface area contributed by atoms with E-state index in [1.165, 1.54) is 0 Å². The highest BCUT2D eigenvalue weighted by molar-refractivity contribution is 9.10.